The van der Waals surface area contributed by atoms with Crippen LogP contribution >= 0.6 is 0 Å². The van der Waals surface area contributed by atoms with Gasteiger partial charge in [0.15, 0.2) is 23.3 Å². The van der Waals surface area contributed by atoms with Gasteiger partial charge in [-0.05, 0) is 137 Å². The minimum atomic E-state index is 0.487. The first-order chi connectivity index (χ1) is 50.5. The van der Waals surface area contributed by atoms with Crippen LogP contribution in [0.4, 0.5) is 0 Å². The Morgan fingerprint density at radius 2 is 0.520 bits per heavy atom. The Morgan fingerprint density at radius 1 is 0.186 bits per heavy atom. The van der Waals surface area contributed by atoms with Crippen molar-refractivity contribution in [2.45, 2.75) is 0 Å². The Morgan fingerprint density at radius 3 is 1.08 bits per heavy atom. The number of hydrogen-bond acceptors (Lipinski definition) is 10. The molecule has 102 heavy (non-hydrogen) atoms. The molecule has 8 aromatic heterocycles. The van der Waals surface area contributed by atoms with Crippen LogP contribution in [0.3, 0.4) is 0 Å². The highest BCUT2D eigenvalue weighted by Crippen LogP contribution is 2.43. The fourth-order valence-corrected chi connectivity index (χ4v) is 15.4. The van der Waals surface area contributed by atoms with Gasteiger partial charge < -0.3 is 17.7 Å². The maximum Gasteiger partial charge on any atom is 0.238 e. The summed E-state index contributed by atoms with van der Waals surface area (Å²) in [7, 11) is 0. The maximum atomic E-state index is 6.77. The molecule has 0 saturated heterocycles. The lowest BCUT2D eigenvalue weighted by Gasteiger charge is -2.12. The molecule has 0 saturated carbocycles. The Hall–Kier alpha value is -14.1. The van der Waals surface area contributed by atoms with Crippen molar-refractivity contribution in [3.05, 3.63) is 303 Å². The third-order valence-corrected chi connectivity index (χ3v) is 20.3. The van der Waals surface area contributed by atoms with E-state index < -0.39 is 0 Å². The Balaban J connectivity index is 0.643. The second-order valence-corrected chi connectivity index (χ2v) is 26.1. The molecule has 0 aliphatic carbocycles. The van der Waals surface area contributed by atoms with E-state index in [0.717, 1.165) is 187 Å². The van der Waals surface area contributed by atoms with Crippen LogP contribution in [0.15, 0.2) is 321 Å². The van der Waals surface area contributed by atoms with Gasteiger partial charge in [0.1, 0.15) is 44.7 Å². The summed E-state index contributed by atoms with van der Waals surface area (Å²) < 4.78 is 30.6. The standard InChI is InChI=1S/C90H50N8O4/c1-2-16-51(17-3-1)85-91-87(58-35-42-70-68-40-34-56(48-81(68)101-83(70)49-58)60-25-15-26-71-65-24-8-13-31-78(65)102-84(60)71)95-89(93-85)98-75-29-11-6-22-63(75)72-45-53(37-43-76(72)98)52-18-14-19-57(44-52)86-92-88(96-90(94-86)97-73-27-9-4-20-61(73)62-21-5-10-28-74(62)97)59-36-41-69-67-39-33-55(47-80(67)100-82(69)50-59)54-32-38-66-64-23-7-12-30-77(64)99-79(66)46-54/h1-50H. The first-order valence-corrected chi connectivity index (χ1v) is 33.9. The highest BCUT2D eigenvalue weighted by molar-refractivity contribution is 6.14. The summed E-state index contributed by atoms with van der Waals surface area (Å²) in [6.45, 7) is 0. The second kappa shape index (κ2) is 21.7. The molecule has 0 aliphatic rings. The fraction of sp³-hybridized carbons (Fsp3) is 0. The topological polar surface area (TPSA) is 140 Å². The predicted octanol–water partition coefficient (Wildman–Crippen LogP) is 23.5. The monoisotopic (exact) mass is 1310 g/mol. The first-order valence-electron chi connectivity index (χ1n) is 33.9. The molecule has 0 unspecified atom stereocenters. The van der Waals surface area contributed by atoms with Crippen molar-refractivity contribution in [2.75, 3.05) is 0 Å². The summed E-state index contributed by atoms with van der Waals surface area (Å²) >= 11 is 0. The third-order valence-electron chi connectivity index (χ3n) is 20.3. The maximum absolute atomic E-state index is 6.77. The zero-order chi connectivity index (χ0) is 66.7. The van der Waals surface area contributed by atoms with Crippen LogP contribution in [0.2, 0.25) is 0 Å². The fourth-order valence-electron chi connectivity index (χ4n) is 15.4. The van der Waals surface area contributed by atoms with Crippen molar-refractivity contribution in [3.8, 4) is 90.8 Å². The minimum absolute atomic E-state index is 0.487. The Bertz CT molecular complexity index is 7240. The lowest BCUT2D eigenvalue weighted by Crippen LogP contribution is -2.06. The average molecular weight is 1310 g/mol. The highest BCUT2D eigenvalue weighted by Gasteiger charge is 2.24. The molecule has 0 spiro atoms. The van der Waals surface area contributed by atoms with Crippen LogP contribution in [0, 0.1) is 0 Å². The van der Waals surface area contributed by atoms with Gasteiger partial charge in [0.05, 0.1) is 22.1 Å². The molecule has 12 nitrogen and oxygen atoms in total. The first kappa shape index (κ1) is 56.0. The van der Waals surface area contributed by atoms with Gasteiger partial charge in [-0.1, -0.05) is 194 Å². The van der Waals surface area contributed by atoms with Crippen molar-refractivity contribution < 1.29 is 17.7 Å². The van der Waals surface area contributed by atoms with Crippen molar-refractivity contribution in [3.63, 3.8) is 0 Å². The van der Waals surface area contributed by atoms with Crippen LogP contribution < -0.4 is 0 Å². The van der Waals surface area contributed by atoms with E-state index in [0.29, 0.717) is 35.2 Å². The summed E-state index contributed by atoms with van der Waals surface area (Å²) in [4.78, 5) is 31.9. The molecule has 14 aromatic carbocycles. The molecular formula is C90H50N8O4. The lowest BCUT2D eigenvalue weighted by atomic mass is 10.0. The number of fused-ring (bicyclic) bond motifs is 18. The quantitative estimate of drug-likeness (QED) is 0.137. The van der Waals surface area contributed by atoms with E-state index in [9.17, 15) is 0 Å². The molecule has 0 atom stereocenters. The zero-order valence-electron chi connectivity index (χ0n) is 54.1. The van der Waals surface area contributed by atoms with Crippen LogP contribution in [0.25, 0.3) is 222 Å². The molecule has 0 N–H and O–H groups in total. The van der Waals surface area contributed by atoms with Crippen LogP contribution in [-0.2, 0) is 0 Å². The summed E-state index contributed by atoms with van der Waals surface area (Å²) in [6.07, 6.45) is 0. The molecular weight excluding hydrogens is 1260 g/mol. The molecule has 0 amide bonds. The second-order valence-electron chi connectivity index (χ2n) is 26.1. The molecule has 0 radical (unpaired) electrons. The van der Waals surface area contributed by atoms with E-state index in [4.69, 9.17) is 47.6 Å². The van der Waals surface area contributed by atoms with E-state index in [1.165, 1.54) is 0 Å². The number of hydrogen-bond donors (Lipinski definition) is 0. The molecule has 474 valence electrons. The zero-order valence-corrected chi connectivity index (χ0v) is 54.1. The van der Waals surface area contributed by atoms with Crippen molar-refractivity contribution in [1.82, 2.24) is 39.0 Å². The summed E-state index contributed by atoms with van der Waals surface area (Å²) in [5.41, 5.74) is 19.7. The molecule has 0 fully saturated rings. The normalized spacial score (nSPS) is 12.1. The molecule has 22 rings (SSSR count). The van der Waals surface area contributed by atoms with Gasteiger partial charge in [-0.3, -0.25) is 9.13 Å². The van der Waals surface area contributed by atoms with Crippen molar-refractivity contribution in [1.29, 1.82) is 0 Å². The SMILES string of the molecule is c1ccc(-c2nc(-c3ccc4c(c3)oc3cc(-c5cccc6c5oc5ccccc56)ccc34)nc(-n3c4ccccc4c4cc(-c5cccc(-c6nc(-c7ccc8c(c7)oc7cc(-c9ccc%10c(c9)oc9ccccc9%10)ccc78)nc(-n7c8ccccc8c8ccccc87)n6)c5)ccc43)n2)cc1. The number of benzene rings is 14. The van der Waals surface area contributed by atoms with Gasteiger partial charge in [0, 0.05) is 92.5 Å². The van der Waals surface area contributed by atoms with E-state index in [1.807, 2.05) is 72.8 Å². The smallest absolute Gasteiger partial charge is 0.238 e. The van der Waals surface area contributed by atoms with Crippen LogP contribution in [0.5, 0.6) is 0 Å². The number of aromatic nitrogens is 8. The largest absolute Gasteiger partial charge is 0.456 e. The molecule has 8 heterocycles. The molecule has 22 aromatic rings. The van der Waals surface area contributed by atoms with E-state index in [2.05, 4.69) is 240 Å². The summed E-state index contributed by atoms with van der Waals surface area (Å²) in [5, 5.41) is 12.7. The van der Waals surface area contributed by atoms with E-state index in [1.54, 1.807) is 0 Å². The molecule has 12 heteroatoms. The summed E-state index contributed by atoms with van der Waals surface area (Å²) in [5.74, 6) is 3.08. The van der Waals surface area contributed by atoms with Gasteiger partial charge in [-0.15, -0.1) is 0 Å². The highest BCUT2D eigenvalue weighted by atomic mass is 16.3. The number of rotatable bonds is 9. The van der Waals surface area contributed by atoms with Gasteiger partial charge in [0.25, 0.3) is 0 Å². The van der Waals surface area contributed by atoms with Gasteiger partial charge in [0.2, 0.25) is 11.9 Å². The molecule has 0 bridgehead atoms. The number of nitrogens with zero attached hydrogens (tertiary/aromatic N) is 8. The lowest BCUT2D eigenvalue weighted by molar-refractivity contribution is 0.668. The minimum Gasteiger partial charge on any atom is -0.456 e. The van der Waals surface area contributed by atoms with E-state index >= 15 is 0 Å². The van der Waals surface area contributed by atoms with Crippen LogP contribution in [0.1, 0.15) is 0 Å². The number of para-hydroxylation sites is 6. The summed E-state index contributed by atoms with van der Waals surface area (Å²) in [6, 6.07) is 105. The molecule has 0 aliphatic heterocycles. The third kappa shape index (κ3) is 8.69. The predicted molar refractivity (Wildman–Crippen MR) is 409 cm³/mol. The van der Waals surface area contributed by atoms with Gasteiger partial charge in [-0.2, -0.15) is 19.9 Å². The number of furan rings is 4. The van der Waals surface area contributed by atoms with Crippen molar-refractivity contribution in [2.24, 2.45) is 0 Å². The average Bonchev–Trinajstić information content (AvgIpc) is 1.60. The van der Waals surface area contributed by atoms with E-state index in [-0.39, 0.29) is 0 Å². The van der Waals surface area contributed by atoms with Gasteiger partial charge in [-0.25, -0.2) is 9.97 Å². The van der Waals surface area contributed by atoms with Crippen molar-refractivity contribution >= 4 is 131 Å². The Kier molecular flexibility index (Phi) is 11.9. The Labute approximate surface area is 578 Å². The van der Waals surface area contributed by atoms with Crippen LogP contribution in [-0.4, -0.2) is 39.0 Å². The van der Waals surface area contributed by atoms with Gasteiger partial charge >= 0.3 is 0 Å².